The molecule has 1 N–H and O–H groups in total. The third kappa shape index (κ3) is 10.0. The van der Waals surface area contributed by atoms with Gasteiger partial charge in [-0.25, -0.2) is 0 Å². The molecule has 1 heterocycles. The normalized spacial score (nSPS) is 10.7. The zero-order valence-corrected chi connectivity index (χ0v) is 13.1. The molecule has 19 heavy (non-hydrogen) atoms. The van der Waals surface area contributed by atoms with Crippen molar-refractivity contribution in [2.24, 2.45) is 0 Å². The summed E-state index contributed by atoms with van der Waals surface area (Å²) in [7, 11) is 0. The summed E-state index contributed by atoms with van der Waals surface area (Å²) in [6, 6.07) is 4.30. The van der Waals surface area contributed by atoms with Crippen LogP contribution in [0.1, 0.15) is 57.8 Å². The molecule has 0 spiro atoms. The van der Waals surface area contributed by atoms with Crippen molar-refractivity contribution >= 4 is 29.1 Å². The maximum absolute atomic E-state index is 10.3. The number of hydrogen-bond donors (Lipinski definition) is 1. The molecule has 0 amide bonds. The topological polar surface area (TPSA) is 37.3 Å². The van der Waals surface area contributed by atoms with Crippen LogP contribution in [0.2, 0.25) is 0 Å². The number of carbonyl (C=O) groups is 1. The SMILES string of the molecule is O=C(O)CCCCCCCCCCSc1cccs1. The lowest BCUT2D eigenvalue weighted by Gasteiger charge is -2.01. The number of thioether (sulfide) groups is 1. The molecule has 0 bridgehead atoms. The molecule has 0 aliphatic heterocycles. The average Bonchev–Trinajstić information content (AvgIpc) is 2.88. The molecule has 1 aromatic heterocycles. The van der Waals surface area contributed by atoms with Crippen LogP contribution in [0.15, 0.2) is 21.7 Å². The van der Waals surface area contributed by atoms with Gasteiger partial charge in [-0.1, -0.05) is 44.6 Å². The van der Waals surface area contributed by atoms with E-state index >= 15 is 0 Å². The molecule has 0 fully saturated rings. The number of thiophene rings is 1. The zero-order valence-electron chi connectivity index (χ0n) is 11.5. The molecule has 0 unspecified atom stereocenters. The molecular formula is C15H24O2S2. The molecular weight excluding hydrogens is 276 g/mol. The van der Waals surface area contributed by atoms with E-state index in [0.717, 1.165) is 12.8 Å². The Morgan fingerprint density at radius 2 is 1.68 bits per heavy atom. The lowest BCUT2D eigenvalue weighted by atomic mass is 10.1. The first-order chi connectivity index (χ1) is 9.29. The van der Waals surface area contributed by atoms with E-state index < -0.39 is 5.97 Å². The van der Waals surface area contributed by atoms with Crippen LogP contribution in [0.5, 0.6) is 0 Å². The van der Waals surface area contributed by atoms with Crippen LogP contribution >= 0.6 is 23.1 Å². The van der Waals surface area contributed by atoms with Crippen LogP contribution in [-0.2, 0) is 4.79 Å². The fraction of sp³-hybridized carbons (Fsp3) is 0.667. The molecule has 0 saturated carbocycles. The predicted octanol–water partition coefficient (Wildman–Crippen LogP) is 5.44. The highest BCUT2D eigenvalue weighted by atomic mass is 32.2. The van der Waals surface area contributed by atoms with E-state index in [0.29, 0.717) is 6.42 Å². The lowest BCUT2D eigenvalue weighted by Crippen LogP contribution is -1.93. The third-order valence-corrected chi connectivity index (χ3v) is 5.24. The second-order valence-electron chi connectivity index (χ2n) is 4.75. The highest BCUT2D eigenvalue weighted by Crippen LogP contribution is 2.24. The number of carboxylic acids is 1. The van der Waals surface area contributed by atoms with Crippen molar-refractivity contribution in [2.75, 3.05) is 5.75 Å². The summed E-state index contributed by atoms with van der Waals surface area (Å²) in [6.45, 7) is 0. The molecule has 0 atom stereocenters. The van der Waals surface area contributed by atoms with Gasteiger partial charge in [0.05, 0.1) is 4.21 Å². The minimum absolute atomic E-state index is 0.333. The Hall–Kier alpha value is -0.480. The van der Waals surface area contributed by atoms with E-state index in [9.17, 15) is 4.79 Å². The highest BCUT2D eigenvalue weighted by Gasteiger charge is 1.97. The molecule has 0 aliphatic rings. The molecule has 0 aromatic carbocycles. The third-order valence-electron chi connectivity index (χ3n) is 3.02. The van der Waals surface area contributed by atoms with Crippen molar-refractivity contribution in [2.45, 2.75) is 62.0 Å². The lowest BCUT2D eigenvalue weighted by molar-refractivity contribution is -0.137. The Kier molecular flexibility index (Phi) is 9.91. The molecule has 1 rings (SSSR count). The monoisotopic (exact) mass is 300 g/mol. The van der Waals surface area contributed by atoms with E-state index in [-0.39, 0.29) is 0 Å². The molecule has 0 aliphatic carbocycles. The molecule has 2 nitrogen and oxygen atoms in total. The molecule has 108 valence electrons. The quantitative estimate of drug-likeness (QED) is 0.413. The first kappa shape index (κ1) is 16.6. The summed E-state index contributed by atoms with van der Waals surface area (Å²) in [5.74, 6) is 0.572. The van der Waals surface area contributed by atoms with Crippen LogP contribution in [0, 0.1) is 0 Å². The number of hydrogen-bond acceptors (Lipinski definition) is 3. The van der Waals surface area contributed by atoms with E-state index in [2.05, 4.69) is 17.5 Å². The first-order valence-electron chi connectivity index (χ1n) is 7.17. The predicted molar refractivity (Wildman–Crippen MR) is 84.2 cm³/mol. The first-order valence-corrected chi connectivity index (χ1v) is 9.03. The highest BCUT2D eigenvalue weighted by molar-refractivity contribution is 8.01. The number of unbranched alkanes of at least 4 members (excludes halogenated alkanes) is 7. The van der Waals surface area contributed by atoms with Crippen LogP contribution in [-0.4, -0.2) is 16.8 Å². The number of carboxylic acid groups (broad SMARTS) is 1. The van der Waals surface area contributed by atoms with Crippen LogP contribution < -0.4 is 0 Å². The minimum Gasteiger partial charge on any atom is -0.481 e. The van der Waals surface area contributed by atoms with Crippen LogP contribution in [0.4, 0.5) is 0 Å². The van der Waals surface area contributed by atoms with E-state index in [4.69, 9.17) is 5.11 Å². The van der Waals surface area contributed by atoms with Gasteiger partial charge in [-0.2, -0.15) is 0 Å². The Balaban J connectivity index is 1.75. The van der Waals surface area contributed by atoms with E-state index in [1.54, 1.807) is 0 Å². The van der Waals surface area contributed by atoms with Crippen molar-refractivity contribution in [3.63, 3.8) is 0 Å². The number of rotatable bonds is 12. The van der Waals surface area contributed by atoms with Gasteiger partial charge in [0.1, 0.15) is 0 Å². The Morgan fingerprint density at radius 1 is 1.05 bits per heavy atom. The van der Waals surface area contributed by atoms with Crippen molar-refractivity contribution < 1.29 is 9.90 Å². The fourth-order valence-electron chi connectivity index (χ4n) is 1.96. The maximum atomic E-state index is 10.3. The van der Waals surface area contributed by atoms with Gasteiger partial charge in [0.2, 0.25) is 0 Å². The van der Waals surface area contributed by atoms with Gasteiger partial charge in [-0.3, -0.25) is 4.79 Å². The van der Waals surface area contributed by atoms with Gasteiger partial charge < -0.3 is 5.11 Å². The van der Waals surface area contributed by atoms with E-state index in [1.165, 1.54) is 48.5 Å². The standard InChI is InChI=1S/C15H24O2S2/c16-14(17)10-7-5-3-1-2-4-6-8-12-18-15-11-9-13-19-15/h9,11,13H,1-8,10,12H2,(H,16,17). The summed E-state index contributed by atoms with van der Waals surface area (Å²) >= 11 is 3.79. The fourth-order valence-corrected chi connectivity index (χ4v) is 3.82. The number of aliphatic carboxylic acids is 1. The Bertz CT molecular complexity index is 323. The Labute approximate surface area is 124 Å². The summed E-state index contributed by atoms with van der Waals surface area (Å²) in [4.78, 5) is 10.3. The van der Waals surface area contributed by atoms with Crippen molar-refractivity contribution in [3.8, 4) is 0 Å². The van der Waals surface area contributed by atoms with E-state index in [1.807, 2.05) is 23.1 Å². The maximum Gasteiger partial charge on any atom is 0.303 e. The summed E-state index contributed by atoms with van der Waals surface area (Å²) in [5, 5.41) is 10.6. The van der Waals surface area contributed by atoms with Crippen LogP contribution in [0.25, 0.3) is 0 Å². The zero-order chi connectivity index (χ0) is 13.8. The molecule has 4 heteroatoms. The smallest absolute Gasteiger partial charge is 0.303 e. The summed E-state index contributed by atoms with van der Waals surface area (Å²) in [6.07, 6.45) is 9.96. The van der Waals surface area contributed by atoms with Crippen molar-refractivity contribution in [1.29, 1.82) is 0 Å². The van der Waals surface area contributed by atoms with Crippen molar-refractivity contribution in [3.05, 3.63) is 17.5 Å². The van der Waals surface area contributed by atoms with Gasteiger partial charge in [-0.15, -0.1) is 23.1 Å². The van der Waals surface area contributed by atoms with Gasteiger partial charge >= 0.3 is 5.97 Å². The molecule has 1 aromatic rings. The Morgan fingerprint density at radius 3 is 2.26 bits per heavy atom. The summed E-state index contributed by atoms with van der Waals surface area (Å²) < 4.78 is 1.43. The van der Waals surface area contributed by atoms with Gasteiger partial charge in [0.15, 0.2) is 0 Å². The van der Waals surface area contributed by atoms with Gasteiger partial charge in [0, 0.05) is 6.42 Å². The van der Waals surface area contributed by atoms with Gasteiger partial charge in [0.25, 0.3) is 0 Å². The minimum atomic E-state index is -0.664. The average molecular weight is 300 g/mol. The van der Waals surface area contributed by atoms with Gasteiger partial charge in [-0.05, 0) is 30.0 Å². The second-order valence-corrected chi connectivity index (χ2v) is 7.10. The second kappa shape index (κ2) is 11.4. The summed E-state index contributed by atoms with van der Waals surface area (Å²) in [5.41, 5.74) is 0. The van der Waals surface area contributed by atoms with Crippen molar-refractivity contribution in [1.82, 2.24) is 0 Å². The largest absolute Gasteiger partial charge is 0.481 e. The van der Waals surface area contributed by atoms with Crippen LogP contribution in [0.3, 0.4) is 0 Å². The molecule has 0 saturated heterocycles. The molecule has 0 radical (unpaired) electrons.